The van der Waals surface area contributed by atoms with Crippen molar-refractivity contribution < 1.29 is 19.1 Å². The summed E-state index contributed by atoms with van der Waals surface area (Å²) in [6, 6.07) is 11.6. The van der Waals surface area contributed by atoms with Crippen molar-refractivity contribution in [2.24, 2.45) is 0 Å². The number of carbonyl (C=O) groups is 3. The lowest BCUT2D eigenvalue weighted by Gasteiger charge is -2.13. The standard InChI is InChI=1S/C29H37BrClNO4/c1-3-4-5-6-7-8-9-10-11-14-19-36-29(35)22-17-18-25(24(31)20-22)32-28(34)26(30)27(33)23-16-13-12-15-21(23)2/h12-13,15-18,20,26H,3-11,14,19H2,1-2H3,(H,32,34). The molecule has 0 aliphatic heterocycles. The highest BCUT2D eigenvalue weighted by atomic mass is 79.9. The van der Waals surface area contributed by atoms with Crippen LogP contribution in [0, 0.1) is 6.92 Å². The second-order valence-electron chi connectivity index (χ2n) is 9.04. The number of halogens is 2. The minimum atomic E-state index is -1.07. The average Bonchev–Trinajstić information content (AvgIpc) is 2.87. The number of hydrogen-bond donors (Lipinski definition) is 1. The van der Waals surface area contributed by atoms with Crippen LogP contribution in [0.25, 0.3) is 0 Å². The predicted molar refractivity (Wildman–Crippen MR) is 150 cm³/mol. The van der Waals surface area contributed by atoms with Gasteiger partial charge in [-0.3, -0.25) is 9.59 Å². The number of hydrogen-bond acceptors (Lipinski definition) is 4. The molecular formula is C29H37BrClNO4. The van der Waals surface area contributed by atoms with E-state index in [1.54, 1.807) is 18.2 Å². The summed E-state index contributed by atoms with van der Waals surface area (Å²) >= 11 is 9.48. The first-order chi connectivity index (χ1) is 17.3. The maximum absolute atomic E-state index is 12.7. The highest BCUT2D eigenvalue weighted by molar-refractivity contribution is 9.10. The average molecular weight is 579 g/mol. The van der Waals surface area contributed by atoms with Crippen LogP contribution in [0.3, 0.4) is 0 Å². The van der Waals surface area contributed by atoms with Gasteiger partial charge in [0.2, 0.25) is 5.91 Å². The zero-order valence-corrected chi connectivity index (χ0v) is 23.6. The number of esters is 1. The summed E-state index contributed by atoms with van der Waals surface area (Å²) in [6.07, 6.45) is 12.1. The molecule has 0 saturated heterocycles. The third kappa shape index (κ3) is 10.1. The summed E-state index contributed by atoms with van der Waals surface area (Å²) in [7, 11) is 0. The second-order valence-corrected chi connectivity index (χ2v) is 10.4. The van der Waals surface area contributed by atoms with Crippen LogP contribution in [-0.4, -0.2) is 29.1 Å². The third-order valence-electron chi connectivity index (χ3n) is 6.06. The number of alkyl halides is 1. The first-order valence-electron chi connectivity index (χ1n) is 12.9. The SMILES string of the molecule is CCCCCCCCCCCCOC(=O)c1ccc(NC(=O)C(Br)C(=O)c2ccccc2C)c(Cl)c1. The zero-order chi connectivity index (χ0) is 26.3. The molecule has 0 bridgehead atoms. The molecule has 36 heavy (non-hydrogen) atoms. The summed E-state index contributed by atoms with van der Waals surface area (Å²) in [5.41, 5.74) is 1.89. The van der Waals surface area contributed by atoms with E-state index in [0.717, 1.165) is 24.8 Å². The van der Waals surface area contributed by atoms with Crippen molar-refractivity contribution in [3.8, 4) is 0 Å². The Balaban J connectivity index is 1.74. The van der Waals surface area contributed by atoms with Gasteiger partial charge in [-0.15, -0.1) is 0 Å². The molecular weight excluding hydrogens is 542 g/mol. The molecule has 2 aromatic carbocycles. The Morgan fingerprint density at radius 1 is 0.917 bits per heavy atom. The molecule has 0 saturated carbocycles. The molecule has 2 rings (SSSR count). The van der Waals surface area contributed by atoms with Gasteiger partial charge in [-0.1, -0.05) is 117 Å². The molecule has 0 heterocycles. The molecule has 1 N–H and O–H groups in total. The maximum atomic E-state index is 12.7. The van der Waals surface area contributed by atoms with Crippen molar-refractivity contribution in [3.63, 3.8) is 0 Å². The van der Waals surface area contributed by atoms with E-state index in [4.69, 9.17) is 16.3 Å². The van der Waals surface area contributed by atoms with Gasteiger partial charge in [0.25, 0.3) is 0 Å². The number of benzene rings is 2. The van der Waals surface area contributed by atoms with Crippen molar-refractivity contribution in [1.29, 1.82) is 0 Å². The summed E-state index contributed by atoms with van der Waals surface area (Å²) in [5.74, 6) is -1.32. The van der Waals surface area contributed by atoms with Crippen molar-refractivity contribution in [2.45, 2.75) is 82.9 Å². The third-order valence-corrected chi connectivity index (χ3v) is 7.21. The van der Waals surface area contributed by atoms with Crippen LogP contribution in [0.4, 0.5) is 5.69 Å². The molecule has 0 radical (unpaired) electrons. The van der Waals surface area contributed by atoms with Gasteiger partial charge >= 0.3 is 5.97 Å². The van der Waals surface area contributed by atoms with Gasteiger partial charge in [-0.2, -0.15) is 0 Å². The van der Waals surface area contributed by atoms with E-state index in [-0.39, 0.29) is 10.8 Å². The summed E-state index contributed by atoms with van der Waals surface area (Å²) in [5, 5.41) is 2.84. The number of ether oxygens (including phenoxy) is 1. The number of carbonyl (C=O) groups excluding carboxylic acids is 3. The van der Waals surface area contributed by atoms with Crippen LogP contribution >= 0.6 is 27.5 Å². The summed E-state index contributed by atoms with van der Waals surface area (Å²) < 4.78 is 5.37. The van der Waals surface area contributed by atoms with Crippen molar-refractivity contribution in [3.05, 3.63) is 64.2 Å². The molecule has 0 aliphatic carbocycles. The van der Waals surface area contributed by atoms with Crippen LogP contribution in [-0.2, 0) is 9.53 Å². The monoisotopic (exact) mass is 577 g/mol. The van der Waals surface area contributed by atoms with E-state index in [0.29, 0.717) is 23.4 Å². The Kier molecular flexibility index (Phi) is 13.8. The van der Waals surface area contributed by atoms with Crippen molar-refractivity contribution in [2.75, 3.05) is 11.9 Å². The highest BCUT2D eigenvalue weighted by Gasteiger charge is 2.26. The van der Waals surface area contributed by atoms with Gasteiger partial charge < -0.3 is 10.1 Å². The fourth-order valence-electron chi connectivity index (χ4n) is 3.88. The van der Waals surface area contributed by atoms with E-state index in [9.17, 15) is 14.4 Å². The number of Topliss-reactive ketones (excluding diaryl/α,β-unsaturated/α-hetero) is 1. The van der Waals surface area contributed by atoms with Crippen LogP contribution in [0.5, 0.6) is 0 Å². The number of rotatable bonds is 16. The number of ketones is 1. The number of anilines is 1. The first-order valence-corrected chi connectivity index (χ1v) is 14.2. The van der Waals surface area contributed by atoms with Gasteiger partial charge in [-0.05, 0) is 37.1 Å². The molecule has 7 heteroatoms. The van der Waals surface area contributed by atoms with E-state index in [1.807, 2.05) is 19.1 Å². The molecule has 1 unspecified atom stereocenters. The topological polar surface area (TPSA) is 72.5 Å². The molecule has 0 spiro atoms. The van der Waals surface area contributed by atoms with Crippen LogP contribution in [0.1, 0.15) is 97.4 Å². The molecule has 0 aromatic heterocycles. The molecule has 2 aromatic rings. The Bertz CT molecular complexity index is 1010. The zero-order valence-electron chi connectivity index (χ0n) is 21.3. The fraction of sp³-hybridized carbons (Fsp3) is 0.483. The van der Waals surface area contributed by atoms with E-state index in [2.05, 4.69) is 28.2 Å². The number of nitrogens with one attached hydrogen (secondary N) is 1. The largest absolute Gasteiger partial charge is 0.462 e. The predicted octanol–water partition coefficient (Wildman–Crippen LogP) is 8.31. The lowest BCUT2D eigenvalue weighted by molar-refractivity contribution is -0.114. The molecule has 0 fully saturated rings. The van der Waals surface area contributed by atoms with Crippen LogP contribution in [0.2, 0.25) is 5.02 Å². The Hall–Kier alpha value is -2.18. The molecule has 0 aliphatic rings. The second kappa shape index (κ2) is 16.5. The Labute approximate surface area is 228 Å². The minimum absolute atomic E-state index is 0.194. The molecule has 5 nitrogen and oxygen atoms in total. The first kappa shape index (κ1) is 30.0. The van der Waals surface area contributed by atoms with Gasteiger partial charge in [0.1, 0.15) is 0 Å². The van der Waals surface area contributed by atoms with Crippen LogP contribution in [0.15, 0.2) is 42.5 Å². The fourth-order valence-corrected chi connectivity index (χ4v) is 4.47. The minimum Gasteiger partial charge on any atom is -0.462 e. The van der Waals surface area contributed by atoms with Crippen LogP contribution < -0.4 is 5.32 Å². The van der Waals surface area contributed by atoms with Gasteiger partial charge in [-0.25, -0.2) is 4.79 Å². The van der Waals surface area contributed by atoms with Crippen molar-refractivity contribution in [1.82, 2.24) is 0 Å². The lowest BCUT2D eigenvalue weighted by atomic mass is 10.0. The van der Waals surface area contributed by atoms with Gasteiger partial charge in [0.15, 0.2) is 10.6 Å². The summed E-state index contributed by atoms with van der Waals surface area (Å²) in [4.78, 5) is 36.6. The van der Waals surface area contributed by atoms with Gasteiger partial charge in [0, 0.05) is 5.56 Å². The number of unbranched alkanes of at least 4 members (excludes halogenated alkanes) is 9. The molecule has 196 valence electrons. The molecule has 1 amide bonds. The Morgan fingerprint density at radius 3 is 2.14 bits per heavy atom. The normalized spacial score (nSPS) is 11.7. The number of aryl methyl sites for hydroxylation is 1. The maximum Gasteiger partial charge on any atom is 0.338 e. The highest BCUT2D eigenvalue weighted by Crippen LogP contribution is 2.25. The molecule has 1 atom stereocenters. The number of amides is 1. The quantitative estimate of drug-likeness (QED) is 0.0715. The van der Waals surface area contributed by atoms with Gasteiger partial charge in [0.05, 0.1) is 22.9 Å². The smallest absolute Gasteiger partial charge is 0.338 e. The lowest BCUT2D eigenvalue weighted by Crippen LogP contribution is -2.30. The van der Waals surface area contributed by atoms with Crippen molar-refractivity contribution >= 4 is 50.9 Å². The van der Waals surface area contributed by atoms with E-state index >= 15 is 0 Å². The summed E-state index contributed by atoms with van der Waals surface area (Å²) in [6.45, 7) is 4.42. The Morgan fingerprint density at radius 2 is 1.53 bits per heavy atom. The van der Waals surface area contributed by atoms with E-state index in [1.165, 1.54) is 57.1 Å². The van der Waals surface area contributed by atoms with E-state index < -0.39 is 16.7 Å².